The second-order valence-electron chi connectivity index (χ2n) is 5.96. The van der Waals surface area contributed by atoms with E-state index in [1.54, 1.807) is 6.20 Å². The van der Waals surface area contributed by atoms with Gasteiger partial charge in [0.05, 0.1) is 23.0 Å². The molecule has 11 heteroatoms. The smallest absolute Gasteiger partial charge is 0.293 e. The SMILES string of the molecule is NS(=O)(=O)c1ccc(NCc2ccc(N3CCOCC3)nc2)c([N+](=O)[O-])c1. The third kappa shape index (κ3) is 4.70. The average Bonchev–Trinajstić information content (AvgIpc) is 2.66. The molecule has 0 saturated carbocycles. The lowest BCUT2D eigenvalue weighted by Gasteiger charge is -2.27. The molecule has 0 radical (unpaired) electrons. The summed E-state index contributed by atoms with van der Waals surface area (Å²) in [6, 6.07) is 7.27. The summed E-state index contributed by atoms with van der Waals surface area (Å²) in [5.41, 5.74) is 0.668. The van der Waals surface area contributed by atoms with Crippen LogP contribution >= 0.6 is 0 Å². The topological polar surface area (TPSA) is 141 Å². The number of anilines is 2. The van der Waals surface area contributed by atoms with Gasteiger partial charge in [-0.25, -0.2) is 18.5 Å². The van der Waals surface area contributed by atoms with Crippen molar-refractivity contribution < 1.29 is 18.1 Å². The van der Waals surface area contributed by atoms with Gasteiger partial charge in [0, 0.05) is 31.9 Å². The predicted molar refractivity (Wildman–Crippen MR) is 99.1 cm³/mol. The van der Waals surface area contributed by atoms with Gasteiger partial charge >= 0.3 is 0 Å². The summed E-state index contributed by atoms with van der Waals surface area (Å²) < 4.78 is 28.1. The second-order valence-corrected chi connectivity index (χ2v) is 7.52. The van der Waals surface area contributed by atoms with Crippen LogP contribution in [0, 0.1) is 10.1 Å². The summed E-state index contributed by atoms with van der Waals surface area (Å²) >= 11 is 0. The fourth-order valence-corrected chi connectivity index (χ4v) is 3.22. The minimum absolute atomic E-state index is 0.199. The number of sulfonamides is 1. The lowest BCUT2D eigenvalue weighted by Crippen LogP contribution is -2.36. The summed E-state index contributed by atoms with van der Waals surface area (Å²) in [5.74, 6) is 0.852. The van der Waals surface area contributed by atoms with Gasteiger partial charge in [-0.2, -0.15) is 0 Å². The molecule has 3 N–H and O–H groups in total. The van der Waals surface area contributed by atoms with E-state index in [1.807, 2.05) is 12.1 Å². The summed E-state index contributed by atoms with van der Waals surface area (Å²) in [6.45, 7) is 3.21. The number of hydrogen-bond acceptors (Lipinski definition) is 8. The van der Waals surface area contributed by atoms with Gasteiger partial charge in [0.2, 0.25) is 10.0 Å². The molecular formula is C16H19N5O5S. The van der Waals surface area contributed by atoms with Crippen LogP contribution in [0.25, 0.3) is 0 Å². The molecular weight excluding hydrogens is 374 g/mol. The van der Waals surface area contributed by atoms with Crippen molar-refractivity contribution in [3.63, 3.8) is 0 Å². The minimum atomic E-state index is -4.01. The first-order valence-electron chi connectivity index (χ1n) is 8.17. The number of nitro benzene ring substituents is 1. The lowest BCUT2D eigenvalue weighted by molar-refractivity contribution is -0.384. The quantitative estimate of drug-likeness (QED) is 0.549. The highest BCUT2D eigenvalue weighted by atomic mass is 32.2. The lowest BCUT2D eigenvalue weighted by atomic mass is 10.2. The summed E-state index contributed by atoms with van der Waals surface area (Å²) in [6.07, 6.45) is 1.70. The third-order valence-electron chi connectivity index (χ3n) is 4.12. The Morgan fingerprint density at radius 2 is 2.00 bits per heavy atom. The van der Waals surface area contributed by atoms with Gasteiger partial charge in [-0.1, -0.05) is 6.07 Å². The molecule has 2 heterocycles. The van der Waals surface area contributed by atoms with Gasteiger partial charge in [0.1, 0.15) is 11.5 Å². The molecule has 1 aromatic heterocycles. The van der Waals surface area contributed by atoms with Crippen LogP contribution in [0.2, 0.25) is 0 Å². The van der Waals surface area contributed by atoms with E-state index in [4.69, 9.17) is 9.88 Å². The molecule has 3 rings (SSSR count). The van der Waals surface area contributed by atoms with Crippen LogP contribution in [-0.4, -0.2) is 44.6 Å². The largest absolute Gasteiger partial charge is 0.378 e. The van der Waals surface area contributed by atoms with Crippen molar-refractivity contribution in [2.75, 3.05) is 36.5 Å². The molecule has 1 aliphatic heterocycles. The van der Waals surface area contributed by atoms with Crippen LogP contribution in [0.15, 0.2) is 41.4 Å². The molecule has 0 aliphatic carbocycles. The van der Waals surface area contributed by atoms with Gasteiger partial charge in [0.25, 0.3) is 5.69 Å². The molecule has 0 unspecified atom stereocenters. The average molecular weight is 393 g/mol. The number of benzene rings is 1. The second kappa shape index (κ2) is 7.86. The molecule has 2 aromatic rings. The number of rotatable bonds is 6. The molecule has 0 bridgehead atoms. The van der Waals surface area contributed by atoms with E-state index in [0.717, 1.165) is 30.5 Å². The van der Waals surface area contributed by atoms with Crippen LogP contribution in [0.5, 0.6) is 0 Å². The van der Waals surface area contributed by atoms with Gasteiger partial charge in [-0.15, -0.1) is 0 Å². The van der Waals surface area contributed by atoms with Crippen LogP contribution in [0.1, 0.15) is 5.56 Å². The zero-order chi connectivity index (χ0) is 19.4. The molecule has 1 saturated heterocycles. The van der Waals surface area contributed by atoms with Gasteiger partial charge < -0.3 is 15.0 Å². The molecule has 0 spiro atoms. The fourth-order valence-electron chi connectivity index (χ4n) is 2.69. The van der Waals surface area contributed by atoms with Crippen LogP contribution < -0.4 is 15.4 Å². The molecule has 144 valence electrons. The number of nitro groups is 1. The van der Waals surface area contributed by atoms with Gasteiger partial charge in [0.15, 0.2) is 0 Å². The molecule has 27 heavy (non-hydrogen) atoms. The maximum Gasteiger partial charge on any atom is 0.293 e. The Hall–Kier alpha value is -2.76. The Balaban J connectivity index is 1.71. The number of nitrogens with zero attached hydrogens (tertiary/aromatic N) is 3. The number of nitrogens with two attached hydrogens (primary N) is 1. The van der Waals surface area contributed by atoms with Gasteiger partial charge in [-0.05, 0) is 23.8 Å². The maximum atomic E-state index is 11.4. The summed E-state index contributed by atoms with van der Waals surface area (Å²) in [7, 11) is -4.01. The third-order valence-corrected chi connectivity index (χ3v) is 5.03. The Morgan fingerprint density at radius 3 is 2.59 bits per heavy atom. The number of hydrogen-bond donors (Lipinski definition) is 2. The van der Waals surface area contributed by atoms with E-state index in [9.17, 15) is 18.5 Å². The summed E-state index contributed by atoms with van der Waals surface area (Å²) in [5, 5.41) is 19.2. The molecule has 10 nitrogen and oxygen atoms in total. The zero-order valence-electron chi connectivity index (χ0n) is 14.4. The fraction of sp³-hybridized carbons (Fsp3) is 0.312. The highest BCUT2D eigenvalue weighted by Gasteiger charge is 2.19. The Morgan fingerprint density at radius 1 is 1.26 bits per heavy atom. The van der Waals surface area contributed by atoms with Crippen molar-refractivity contribution >= 4 is 27.2 Å². The van der Waals surface area contributed by atoms with E-state index in [-0.39, 0.29) is 16.3 Å². The molecule has 1 aliphatic rings. The number of morpholine rings is 1. The van der Waals surface area contributed by atoms with Crippen molar-refractivity contribution in [1.29, 1.82) is 0 Å². The number of pyridine rings is 1. The zero-order valence-corrected chi connectivity index (χ0v) is 15.2. The monoisotopic (exact) mass is 393 g/mol. The Labute approximate surface area is 156 Å². The van der Waals surface area contributed by atoms with E-state index in [1.165, 1.54) is 12.1 Å². The molecule has 1 fully saturated rings. The Kier molecular flexibility index (Phi) is 5.54. The number of primary sulfonamides is 1. The number of aromatic nitrogens is 1. The first-order valence-corrected chi connectivity index (χ1v) is 9.72. The highest BCUT2D eigenvalue weighted by Crippen LogP contribution is 2.27. The van der Waals surface area contributed by atoms with E-state index in [2.05, 4.69) is 15.2 Å². The first kappa shape index (κ1) is 19.0. The summed E-state index contributed by atoms with van der Waals surface area (Å²) in [4.78, 5) is 16.8. The highest BCUT2D eigenvalue weighted by molar-refractivity contribution is 7.89. The Bertz CT molecular complexity index is 927. The van der Waals surface area contributed by atoms with E-state index >= 15 is 0 Å². The maximum absolute atomic E-state index is 11.4. The standard InChI is InChI=1S/C16H19N5O5S/c17-27(24,25)13-2-3-14(15(9-13)21(22)23)18-10-12-1-4-16(19-11-12)20-5-7-26-8-6-20/h1-4,9,11,18H,5-8,10H2,(H2,17,24,25). The van der Waals surface area contributed by atoms with E-state index in [0.29, 0.717) is 19.8 Å². The van der Waals surface area contributed by atoms with Gasteiger partial charge in [-0.3, -0.25) is 10.1 Å². The number of ether oxygens (including phenoxy) is 1. The van der Waals surface area contributed by atoms with Crippen molar-refractivity contribution in [2.24, 2.45) is 5.14 Å². The minimum Gasteiger partial charge on any atom is -0.378 e. The first-order chi connectivity index (χ1) is 12.8. The van der Waals surface area contributed by atoms with Crippen molar-refractivity contribution in [1.82, 2.24) is 4.98 Å². The molecule has 0 atom stereocenters. The predicted octanol–water partition coefficient (Wildman–Crippen LogP) is 1.09. The number of nitrogens with one attached hydrogen (secondary N) is 1. The van der Waals surface area contributed by atoms with Crippen LogP contribution in [0.4, 0.5) is 17.2 Å². The van der Waals surface area contributed by atoms with Crippen molar-refractivity contribution in [3.8, 4) is 0 Å². The molecule has 1 aromatic carbocycles. The van der Waals surface area contributed by atoms with Crippen LogP contribution in [0.3, 0.4) is 0 Å². The molecule has 0 amide bonds. The van der Waals surface area contributed by atoms with Crippen LogP contribution in [-0.2, 0) is 21.3 Å². The normalized spacial score (nSPS) is 14.8. The van der Waals surface area contributed by atoms with Crippen molar-refractivity contribution in [2.45, 2.75) is 11.4 Å². The van der Waals surface area contributed by atoms with Crippen molar-refractivity contribution in [3.05, 3.63) is 52.2 Å². The van der Waals surface area contributed by atoms with E-state index < -0.39 is 14.9 Å².